The van der Waals surface area contributed by atoms with Gasteiger partial charge < -0.3 is 14.8 Å². The number of benzene rings is 1. The van der Waals surface area contributed by atoms with Gasteiger partial charge in [-0.25, -0.2) is 0 Å². The number of hydrogen-bond donors (Lipinski definition) is 2. The Balaban J connectivity index is 1.79. The highest BCUT2D eigenvalue weighted by atomic mass is 35.5. The molecular weight excluding hydrogens is 389 g/mol. The third-order valence-corrected chi connectivity index (χ3v) is 4.49. The maximum Gasteiger partial charge on any atom is 0.291 e. The van der Waals surface area contributed by atoms with E-state index < -0.39 is 11.7 Å². The smallest absolute Gasteiger partial charge is 0.291 e. The summed E-state index contributed by atoms with van der Waals surface area (Å²) in [5.41, 5.74) is 0.481. The Morgan fingerprint density at radius 1 is 1.24 bits per heavy atom. The zero-order valence-corrected chi connectivity index (χ0v) is 14.9. The molecule has 1 unspecified atom stereocenters. The fraction of sp³-hybridized carbons (Fsp3) is 0.125. The first-order chi connectivity index (χ1) is 12.0. The molecule has 0 radical (unpaired) electrons. The first kappa shape index (κ1) is 17.8. The molecular formula is C16H12Cl3N3O3. The molecule has 1 aromatic carbocycles. The average molecular weight is 401 g/mol. The molecule has 0 bridgehead atoms. The summed E-state index contributed by atoms with van der Waals surface area (Å²) in [4.78, 5) is 12.1. The predicted octanol–water partition coefficient (Wildman–Crippen LogP) is 3.93. The SMILES string of the molecule is O=c1c(Cl)c(Cl)cnn1-c1ccc(NCC(O)c2ccco2)c(Cl)c1. The number of nitrogens with one attached hydrogen (secondary N) is 1. The largest absolute Gasteiger partial charge is 0.467 e. The van der Waals surface area contributed by atoms with Gasteiger partial charge >= 0.3 is 0 Å². The van der Waals surface area contributed by atoms with Crippen LogP contribution in [0.25, 0.3) is 5.69 Å². The molecule has 0 aliphatic heterocycles. The Hall–Kier alpha value is -1.99. The summed E-state index contributed by atoms with van der Waals surface area (Å²) in [6.45, 7) is 0.206. The van der Waals surface area contributed by atoms with Crippen LogP contribution in [0.15, 0.2) is 52.0 Å². The van der Waals surface area contributed by atoms with Crippen molar-refractivity contribution >= 4 is 40.5 Å². The van der Waals surface area contributed by atoms with Crippen molar-refractivity contribution in [3.05, 3.63) is 74.0 Å². The third-order valence-electron chi connectivity index (χ3n) is 3.43. The molecule has 3 aromatic rings. The molecule has 3 rings (SSSR count). The molecule has 0 saturated heterocycles. The van der Waals surface area contributed by atoms with Gasteiger partial charge in [0.05, 0.1) is 33.9 Å². The summed E-state index contributed by atoms with van der Waals surface area (Å²) in [6.07, 6.45) is 1.96. The van der Waals surface area contributed by atoms with Gasteiger partial charge in [0.15, 0.2) is 0 Å². The highest BCUT2D eigenvalue weighted by Crippen LogP contribution is 2.26. The van der Waals surface area contributed by atoms with Crippen LogP contribution in [0.3, 0.4) is 0 Å². The minimum atomic E-state index is -0.815. The van der Waals surface area contributed by atoms with Crippen molar-refractivity contribution in [3.8, 4) is 5.69 Å². The van der Waals surface area contributed by atoms with Gasteiger partial charge in [-0.2, -0.15) is 9.78 Å². The first-order valence-corrected chi connectivity index (χ1v) is 8.29. The van der Waals surface area contributed by atoms with Crippen molar-refractivity contribution in [2.75, 3.05) is 11.9 Å². The number of aliphatic hydroxyl groups is 1. The van der Waals surface area contributed by atoms with Gasteiger partial charge in [-0.05, 0) is 30.3 Å². The van der Waals surface area contributed by atoms with Gasteiger partial charge in [0.2, 0.25) is 0 Å². The fourth-order valence-electron chi connectivity index (χ4n) is 2.16. The molecule has 0 aliphatic carbocycles. The number of furan rings is 1. The number of aliphatic hydroxyl groups excluding tert-OH is 1. The van der Waals surface area contributed by atoms with Crippen molar-refractivity contribution < 1.29 is 9.52 Å². The van der Waals surface area contributed by atoms with Gasteiger partial charge in [0, 0.05) is 6.54 Å². The van der Waals surface area contributed by atoms with Crippen LogP contribution in [0.5, 0.6) is 0 Å². The van der Waals surface area contributed by atoms with E-state index in [1.807, 2.05) is 0 Å². The van der Waals surface area contributed by atoms with Gasteiger partial charge in [-0.1, -0.05) is 34.8 Å². The monoisotopic (exact) mass is 399 g/mol. The fourth-order valence-corrected chi connectivity index (χ4v) is 2.66. The van der Waals surface area contributed by atoms with Crippen molar-refractivity contribution in [1.29, 1.82) is 0 Å². The van der Waals surface area contributed by atoms with Crippen molar-refractivity contribution in [2.45, 2.75) is 6.10 Å². The number of nitrogens with zero attached hydrogens (tertiary/aromatic N) is 2. The summed E-state index contributed by atoms with van der Waals surface area (Å²) in [7, 11) is 0. The summed E-state index contributed by atoms with van der Waals surface area (Å²) >= 11 is 17.9. The lowest BCUT2D eigenvalue weighted by Crippen LogP contribution is -2.21. The minimum absolute atomic E-state index is 0.0826. The Kier molecular flexibility index (Phi) is 5.34. The zero-order valence-electron chi connectivity index (χ0n) is 12.6. The van der Waals surface area contributed by atoms with Crippen LogP contribution >= 0.6 is 34.8 Å². The molecule has 1 atom stereocenters. The highest BCUT2D eigenvalue weighted by Gasteiger charge is 2.13. The van der Waals surface area contributed by atoms with E-state index in [2.05, 4.69) is 10.4 Å². The Morgan fingerprint density at radius 3 is 2.72 bits per heavy atom. The number of rotatable bonds is 5. The second kappa shape index (κ2) is 7.49. The van der Waals surface area contributed by atoms with Crippen LogP contribution in [0.1, 0.15) is 11.9 Å². The molecule has 9 heteroatoms. The van der Waals surface area contributed by atoms with Gasteiger partial charge in [-0.15, -0.1) is 0 Å². The summed E-state index contributed by atoms with van der Waals surface area (Å²) in [5, 5.41) is 17.3. The highest BCUT2D eigenvalue weighted by molar-refractivity contribution is 6.41. The molecule has 0 fully saturated rings. The van der Waals surface area contributed by atoms with Crippen LogP contribution in [0.4, 0.5) is 5.69 Å². The second-order valence-corrected chi connectivity index (χ2v) is 6.29. The van der Waals surface area contributed by atoms with Crippen molar-refractivity contribution in [1.82, 2.24) is 9.78 Å². The van der Waals surface area contributed by atoms with E-state index in [1.54, 1.807) is 30.3 Å². The van der Waals surface area contributed by atoms with Crippen LogP contribution in [0.2, 0.25) is 15.1 Å². The van der Waals surface area contributed by atoms with E-state index in [0.29, 0.717) is 22.2 Å². The third kappa shape index (κ3) is 3.82. The van der Waals surface area contributed by atoms with E-state index in [9.17, 15) is 9.90 Å². The summed E-state index contributed by atoms with van der Waals surface area (Å²) < 4.78 is 6.23. The molecule has 0 amide bonds. The molecule has 2 aromatic heterocycles. The zero-order chi connectivity index (χ0) is 18.0. The maximum atomic E-state index is 12.1. The number of halogens is 3. The lowest BCUT2D eigenvalue weighted by atomic mass is 10.2. The minimum Gasteiger partial charge on any atom is -0.467 e. The quantitative estimate of drug-likeness (QED) is 0.678. The van der Waals surface area contributed by atoms with E-state index >= 15 is 0 Å². The van der Waals surface area contributed by atoms with Crippen molar-refractivity contribution in [2.24, 2.45) is 0 Å². The van der Waals surface area contributed by atoms with Crippen LogP contribution in [0, 0.1) is 0 Å². The normalized spacial score (nSPS) is 12.2. The van der Waals surface area contributed by atoms with Gasteiger partial charge in [0.1, 0.15) is 16.9 Å². The number of aromatic nitrogens is 2. The summed E-state index contributed by atoms with van der Waals surface area (Å²) in [6, 6.07) is 8.25. The topological polar surface area (TPSA) is 80.3 Å². The molecule has 25 heavy (non-hydrogen) atoms. The molecule has 0 aliphatic rings. The predicted molar refractivity (Wildman–Crippen MR) is 97.0 cm³/mol. The summed E-state index contributed by atoms with van der Waals surface area (Å²) in [5.74, 6) is 0.451. The Bertz CT molecular complexity index is 942. The van der Waals surface area contributed by atoms with E-state index in [0.717, 1.165) is 4.68 Å². The Labute approximate surface area is 157 Å². The molecule has 2 heterocycles. The van der Waals surface area contributed by atoms with Gasteiger partial charge in [-0.3, -0.25) is 4.79 Å². The number of anilines is 1. The first-order valence-electron chi connectivity index (χ1n) is 7.16. The van der Waals surface area contributed by atoms with Crippen molar-refractivity contribution in [3.63, 3.8) is 0 Å². The lowest BCUT2D eigenvalue weighted by molar-refractivity contribution is 0.162. The Morgan fingerprint density at radius 2 is 2.04 bits per heavy atom. The van der Waals surface area contributed by atoms with E-state index in [1.165, 1.54) is 12.5 Å². The molecule has 130 valence electrons. The van der Waals surface area contributed by atoms with E-state index in [4.69, 9.17) is 39.2 Å². The average Bonchev–Trinajstić information content (AvgIpc) is 3.13. The number of hydrogen-bond acceptors (Lipinski definition) is 5. The molecule has 2 N–H and O–H groups in total. The lowest BCUT2D eigenvalue weighted by Gasteiger charge is -2.13. The maximum absolute atomic E-state index is 12.1. The van der Waals surface area contributed by atoms with Crippen LogP contribution < -0.4 is 10.9 Å². The molecule has 0 spiro atoms. The van der Waals surface area contributed by atoms with Crippen LogP contribution in [-0.4, -0.2) is 21.4 Å². The van der Waals surface area contributed by atoms with E-state index in [-0.39, 0.29) is 16.6 Å². The second-order valence-electron chi connectivity index (χ2n) is 5.10. The van der Waals surface area contributed by atoms with Gasteiger partial charge in [0.25, 0.3) is 5.56 Å². The van der Waals surface area contributed by atoms with Crippen LogP contribution in [-0.2, 0) is 0 Å². The molecule has 6 nitrogen and oxygen atoms in total. The molecule has 0 saturated carbocycles. The standard InChI is InChI=1S/C16H12Cl3N3O3/c17-10-6-9(22-16(24)15(19)11(18)7-21-22)3-4-12(10)20-8-13(23)14-2-1-5-25-14/h1-7,13,20,23H,8H2.